The van der Waals surface area contributed by atoms with Gasteiger partial charge in [0.15, 0.2) is 11.9 Å². The lowest BCUT2D eigenvalue weighted by Gasteiger charge is -2.40. The van der Waals surface area contributed by atoms with Crippen LogP contribution in [0.3, 0.4) is 0 Å². The fourth-order valence-electron chi connectivity index (χ4n) is 3.63. The quantitative estimate of drug-likeness (QED) is 0.514. The molecule has 1 aromatic heterocycles. The minimum absolute atomic E-state index is 0.0335. The molecular weight excluding hydrogens is 423 g/mol. The smallest absolute Gasteiger partial charge is 0.325 e. The first-order valence-electron chi connectivity index (χ1n) is 9.94. The summed E-state index contributed by atoms with van der Waals surface area (Å²) in [5.41, 5.74) is 1.31. The number of quaternary nitrogens is 1. The van der Waals surface area contributed by atoms with Crippen LogP contribution in [0.5, 0.6) is 0 Å². The molecule has 2 unspecified atom stereocenters. The molecule has 1 aromatic carbocycles. The zero-order chi connectivity index (χ0) is 22.8. The molecule has 166 valence electrons. The lowest BCUT2D eigenvalue weighted by Crippen LogP contribution is -2.61. The van der Waals surface area contributed by atoms with Gasteiger partial charge < -0.3 is 9.64 Å². The van der Waals surface area contributed by atoms with Crippen molar-refractivity contribution in [1.82, 2.24) is 9.88 Å². The number of pyridine rings is 1. The van der Waals surface area contributed by atoms with E-state index in [0.29, 0.717) is 24.4 Å². The standard InChI is InChI=1S/C22H21F3N5O2/c1-2-20(31)29-10-11-30(14-19(27-28-30)17-4-3-9-26-12-17)21(13-29)32-15-16-5-7-18(8-6-16)22(23,24)25/h2-9,12,14,21H,1,10-11,13,15H2/q+1. The Labute approximate surface area is 182 Å². The number of piperazine rings is 1. The first-order chi connectivity index (χ1) is 15.3. The lowest BCUT2D eigenvalue weighted by atomic mass is 10.1. The second-order valence-electron chi connectivity index (χ2n) is 7.50. The van der Waals surface area contributed by atoms with Crippen LogP contribution >= 0.6 is 0 Å². The fourth-order valence-corrected chi connectivity index (χ4v) is 3.63. The average molecular weight is 444 g/mol. The number of nitrogens with zero attached hydrogens (tertiary/aromatic N) is 5. The second-order valence-corrected chi connectivity index (χ2v) is 7.50. The van der Waals surface area contributed by atoms with Gasteiger partial charge in [0.2, 0.25) is 12.1 Å². The van der Waals surface area contributed by atoms with Crippen LogP contribution in [0.15, 0.2) is 78.0 Å². The van der Waals surface area contributed by atoms with E-state index < -0.39 is 18.0 Å². The van der Waals surface area contributed by atoms with Crippen molar-refractivity contribution in [3.63, 3.8) is 0 Å². The molecule has 1 spiro atoms. The molecule has 2 atom stereocenters. The number of benzene rings is 1. The van der Waals surface area contributed by atoms with Crippen LogP contribution < -0.4 is 0 Å². The summed E-state index contributed by atoms with van der Waals surface area (Å²) in [6.45, 7) is 4.70. The van der Waals surface area contributed by atoms with Gasteiger partial charge in [-0.25, -0.2) is 0 Å². The summed E-state index contributed by atoms with van der Waals surface area (Å²) in [5.74, 6) is -0.224. The van der Waals surface area contributed by atoms with E-state index >= 15 is 0 Å². The van der Waals surface area contributed by atoms with Gasteiger partial charge in [-0.05, 0) is 35.9 Å². The SMILES string of the molecule is C=CC(=O)N1CC[N+]2(C=C(c3cccnc3)N=N2)C(OCc2ccc(C(F)(F)F)cc2)C1. The molecule has 0 saturated carbocycles. The summed E-state index contributed by atoms with van der Waals surface area (Å²) < 4.78 is 44.6. The van der Waals surface area contributed by atoms with Crippen LogP contribution in [0.25, 0.3) is 5.70 Å². The maximum atomic E-state index is 12.8. The molecule has 3 heterocycles. The van der Waals surface area contributed by atoms with E-state index in [4.69, 9.17) is 4.74 Å². The van der Waals surface area contributed by atoms with E-state index in [1.165, 1.54) is 18.2 Å². The van der Waals surface area contributed by atoms with Gasteiger partial charge in [-0.3, -0.25) is 9.78 Å². The Hall–Kier alpha value is -3.37. The number of carbonyl (C=O) groups is 1. The van der Waals surface area contributed by atoms with E-state index in [1.807, 2.05) is 12.3 Å². The van der Waals surface area contributed by atoms with Crippen molar-refractivity contribution < 1.29 is 27.3 Å². The number of hydrogen-bond acceptors (Lipinski definition) is 5. The Bertz CT molecular complexity index is 1050. The van der Waals surface area contributed by atoms with Crippen molar-refractivity contribution in [2.75, 3.05) is 19.6 Å². The van der Waals surface area contributed by atoms with Crippen LogP contribution in [-0.4, -0.2) is 46.2 Å². The topological polar surface area (TPSA) is 67.2 Å². The van der Waals surface area contributed by atoms with Crippen molar-refractivity contribution in [3.05, 3.63) is 84.3 Å². The van der Waals surface area contributed by atoms with Crippen molar-refractivity contribution in [2.24, 2.45) is 10.3 Å². The van der Waals surface area contributed by atoms with Gasteiger partial charge in [-0.1, -0.05) is 23.8 Å². The first kappa shape index (κ1) is 21.8. The predicted molar refractivity (Wildman–Crippen MR) is 109 cm³/mol. The zero-order valence-corrected chi connectivity index (χ0v) is 17.1. The van der Waals surface area contributed by atoms with E-state index in [-0.39, 0.29) is 23.7 Å². The summed E-state index contributed by atoms with van der Waals surface area (Å²) in [5, 5.41) is 8.76. The van der Waals surface area contributed by atoms with Crippen LogP contribution in [-0.2, 0) is 22.3 Å². The van der Waals surface area contributed by atoms with Crippen LogP contribution in [0, 0.1) is 0 Å². The third-order valence-electron chi connectivity index (χ3n) is 5.44. The number of aromatic nitrogens is 1. The zero-order valence-electron chi connectivity index (χ0n) is 17.1. The highest BCUT2D eigenvalue weighted by Crippen LogP contribution is 2.34. The van der Waals surface area contributed by atoms with E-state index in [1.54, 1.807) is 23.4 Å². The molecule has 4 rings (SSSR count). The normalized spacial score (nSPS) is 22.8. The Kier molecular flexibility index (Phi) is 5.90. The molecule has 0 aliphatic carbocycles. The Morgan fingerprint density at radius 3 is 2.72 bits per heavy atom. The number of alkyl halides is 3. The molecule has 2 aliphatic rings. The first-order valence-corrected chi connectivity index (χ1v) is 9.94. The number of ether oxygens (including phenoxy) is 1. The lowest BCUT2D eigenvalue weighted by molar-refractivity contribution is -0.939. The summed E-state index contributed by atoms with van der Waals surface area (Å²) >= 11 is 0. The van der Waals surface area contributed by atoms with E-state index in [9.17, 15) is 18.0 Å². The van der Waals surface area contributed by atoms with Gasteiger partial charge in [0.05, 0.1) is 18.7 Å². The maximum Gasteiger partial charge on any atom is 0.416 e. The van der Waals surface area contributed by atoms with Crippen LogP contribution in [0.4, 0.5) is 13.2 Å². The molecule has 0 radical (unpaired) electrons. The molecule has 0 bridgehead atoms. The largest absolute Gasteiger partial charge is 0.416 e. The summed E-state index contributed by atoms with van der Waals surface area (Å²) in [6, 6.07) is 8.47. The van der Waals surface area contributed by atoms with Crippen molar-refractivity contribution >= 4 is 11.6 Å². The van der Waals surface area contributed by atoms with Gasteiger partial charge in [0, 0.05) is 23.2 Å². The number of halogens is 3. The van der Waals surface area contributed by atoms with Crippen LogP contribution in [0.1, 0.15) is 16.7 Å². The molecule has 1 fully saturated rings. The number of amides is 1. The minimum atomic E-state index is -4.40. The Balaban J connectivity index is 1.55. The highest BCUT2D eigenvalue weighted by Gasteiger charge is 2.47. The Morgan fingerprint density at radius 2 is 2.06 bits per heavy atom. The molecule has 2 aliphatic heterocycles. The van der Waals surface area contributed by atoms with Gasteiger partial charge in [-0.15, -0.1) is 4.59 Å². The number of hydrogen-bond donors (Lipinski definition) is 0. The monoisotopic (exact) mass is 444 g/mol. The maximum absolute atomic E-state index is 12.8. The molecular formula is C22H21F3N5O2+. The molecule has 7 nitrogen and oxygen atoms in total. The van der Waals surface area contributed by atoms with Gasteiger partial charge >= 0.3 is 6.18 Å². The highest BCUT2D eigenvalue weighted by molar-refractivity contribution is 5.87. The molecule has 2 aromatic rings. The average Bonchev–Trinajstić information content (AvgIpc) is 3.23. The van der Waals surface area contributed by atoms with Crippen LogP contribution in [0.2, 0.25) is 0 Å². The number of rotatable bonds is 5. The third-order valence-corrected chi connectivity index (χ3v) is 5.44. The molecule has 10 heteroatoms. The van der Waals surface area contributed by atoms with E-state index in [2.05, 4.69) is 21.9 Å². The van der Waals surface area contributed by atoms with Crippen molar-refractivity contribution in [2.45, 2.75) is 19.0 Å². The second kappa shape index (κ2) is 8.64. The summed E-state index contributed by atoms with van der Waals surface area (Å²) in [4.78, 5) is 17.9. The summed E-state index contributed by atoms with van der Waals surface area (Å²) in [7, 11) is 0. The van der Waals surface area contributed by atoms with Gasteiger partial charge in [0.25, 0.3) is 0 Å². The summed E-state index contributed by atoms with van der Waals surface area (Å²) in [6.07, 6.45) is 1.47. The molecule has 1 amide bonds. The van der Waals surface area contributed by atoms with Crippen molar-refractivity contribution in [3.8, 4) is 0 Å². The van der Waals surface area contributed by atoms with Gasteiger partial charge in [0.1, 0.15) is 13.1 Å². The fraction of sp³-hybridized carbons (Fsp3) is 0.273. The minimum Gasteiger partial charge on any atom is -0.325 e. The highest BCUT2D eigenvalue weighted by atomic mass is 19.4. The molecule has 1 saturated heterocycles. The number of carbonyl (C=O) groups excluding carboxylic acids is 1. The third kappa shape index (κ3) is 4.46. The van der Waals surface area contributed by atoms with Gasteiger partial charge in [-0.2, -0.15) is 13.2 Å². The van der Waals surface area contributed by atoms with E-state index in [0.717, 1.165) is 17.7 Å². The predicted octanol–water partition coefficient (Wildman–Crippen LogP) is 4.17. The molecule has 0 N–H and O–H groups in total. The Morgan fingerprint density at radius 1 is 1.28 bits per heavy atom. The van der Waals surface area contributed by atoms with Crippen molar-refractivity contribution in [1.29, 1.82) is 0 Å². The molecule has 32 heavy (non-hydrogen) atoms.